The van der Waals surface area contributed by atoms with E-state index >= 15 is 0 Å². The number of ether oxygens (including phenoxy) is 5. The monoisotopic (exact) mass is 628 g/mol. The van der Waals surface area contributed by atoms with Crippen molar-refractivity contribution in [2.45, 2.75) is 75.3 Å². The smallest absolute Gasteiger partial charge is 0.310 e. The third-order valence-corrected chi connectivity index (χ3v) is 10.7. The fourth-order valence-electron chi connectivity index (χ4n) is 8.71. The van der Waals surface area contributed by atoms with Crippen LogP contribution in [0.1, 0.15) is 44.7 Å². The van der Waals surface area contributed by atoms with E-state index in [0.29, 0.717) is 29.6 Å². The van der Waals surface area contributed by atoms with Crippen molar-refractivity contribution in [1.82, 2.24) is 0 Å². The van der Waals surface area contributed by atoms with Gasteiger partial charge in [-0.3, -0.25) is 9.59 Å². The van der Waals surface area contributed by atoms with Crippen molar-refractivity contribution in [2.24, 2.45) is 17.8 Å². The average molecular weight is 629 g/mol. The van der Waals surface area contributed by atoms with Crippen molar-refractivity contribution in [1.29, 1.82) is 0 Å². The van der Waals surface area contributed by atoms with Crippen molar-refractivity contribution in [3.63, 3.8) is 0 Å². The van der Waals surface area contributed by atoms with E-state index in [4.69, 9.17) is 23.7 Å². The van der Waals surface area contributed by atoms with E-state index in [0.717, 1.165) is 11.1 Å². The summed E-state index contributed by atoms with van der Waals surface area (Å²) in [5.74, 6) is -3.37. The molecule has 0 radical (unpaired) electrons. The van der Waals surface area contributed by atoms with Gasteiger partial charge in [-0.1, -0.05) is 62.1 Å². The number of carbonyl (C=O) groups is 2. The molecule has 0 amide bonds. The first kappa shape index (κ1) is 30.9. The van der Waals surface area contributed by atoms with E-state index in [1.54, 1.807) is 19.1 Å². The normalized spacial score (nSPS) is 37.1. The average Bonchev–Trinajstić information content (AvgIpc) is 3.32. The van der Waals surface area contributed by atoms with Gasteiger partial charge in [0, 0.05) is 18.3 Å². The highest BCUT2D eigenvalue weighted by atomic mass is 16.9. The molecule has 0 aromatic heterocycles. The van der Waals surface area contributed by atoms with Gasteiger partial charge in [0.15, 0.2) is 17.3 Å². The molecule has 2 N–H and O–H groups in total. The van der Waals surface area contributed by atoms with Gasteiger partial charge in [-0.15, -0.1) is 0 Å². The summed E-state index contributed by atoms with van der Waals surface area (Å²) in [5, 5.41) is 22.3. The molecule has 46 heavy (non-hydrogen) atoms. The minimum atomic E-state index is -1.80. The van der Waals surface area contributed by atoms with Crippen molar-refractivity contribution >= 4 is 11.8 Å². The standard InChI is InChI=1S/C37H40O9/c1-21(2)35-17-23(4)37-27(33(35)44-36(45-35,46-37)19-24-9-7-6-8-10-24)14-26(18-34(41)30(37)13-22(3)32(34)40)20-43-31(39)16-25-11-12-28(38)29(15-25)42-5/h6-15,23,27,30,33,38,41H,1,16-20H2,2-5H3/t23-,27?,30?,33?,34-,35-,36+,37-/m1/s1. The highest BCUT2D eigenvalue weighted by Crippen LogP contribution is 2.68. The Kier molecular flexibility index (Phi) is 7.14. The predicted octanol–water partition coefficient (Wildman–Crippen LogP) is 4.74. The molecule has 3 bridgehead atoms. The van der Waals surface area contributed by atoms with Gasteiger partial charge in [0.2, 0.25) is 0 Å². The number of hydrogen-bond acceptors (Lipinski definition) is 9. The topological polar surface area (TPSA) is 121 Å². The van der Waals surface area contributed by atoms with E-state index in [-0.39, 0.29) is 42.6 Å². The number of benzene rings is 2. The lowest BCUT2D eigenvalue weighted by atomic mass is 9.55. The van der Waals surface area contributed by atoms with Crippen molar-refractivity contribution in [3.8, 4) is 11.5 Å². The molecule has 2 aromatic carbocycles. The van der Waals surface area contributed by atoms with Crippen molar-refractivity contribution in [3.05, 3.63) is 95.1 Å². The fraction of sp³-hybridized carbons (Fsp3) is 0.459. The Morgan fingerprint density at radius 3 is 2.59 bits per heavy atom. The molecule has 3 unspecified atom stereocenters. The first-order valence-electron chi connectivity index (χ1n) is 15.8. The molecule has 3 fully saturated rings. The molecule has 242 valence electrons. The number of aromatic hydroxyl groups is 1. The molecule has 2 heterocycles. The zero-order valence-corrected chi connectivity index (χ0v) is 26.6. The largest absolute Gasteiger partial charge is 0.504 e. The van der Waals surface area contributed by atoms with Gasteiger partial charge in [-0.25, -0.2) is 0 Å². The lowest BCUT2D eigenvalue weighted by Crippen LogP contribution is -2.70. The first-order valence-corrected chi connectivity index (χ1v) is 15.8. The Morgan fingerprint density at radius 2 is 1.87 bits per heavy atom. The fourth-order valence-corrected chi connectivity index (χ4v) is 8.71. The van der Waals surface area contributed by atoms with Gasteiger partial charge in [0.1, 0.15) is 23.9 Å². The van der Waals surface area contributed by atoms with Crippen LogP contribution in [-0.2, 0) is 41.4 Å². The molecule has 1 saturated carbocycles. The van der Waals surface area contributed by atoms with Gasteiger partial charge in [0.25, 0.3) is 5.97 Å². The number of fused-ring (bicyclic) bond motifs is 2. The quantitative estimate of drug-likeness (QED) is 0.315. The molecule has 9 heteroatoms. The SMILES string of the molecule is C=C(C)[C@]12C[C@@H](C)[C@@]34O[C@@](Cc5ccccc5)(OC1C3C=C(COC(=O)Cc1ccc(O)c(OC)c1)C[C@]1(O)C(=O)C(C)=CC41)O2. The van der Waals surface area contributed by atoms with Crippen LogP contribution in [0.15, 0.2) is 84.0 Å². The third kappa shape index (κ3) is 4.43. The number of Topliss-reactive ketones (excluding diaryl/α,β-unsaturated/α-hetero) is 1. The summed E-state index contributed by atoms with van der Waals surface area (Å²) in [5.41, 5.74) is -0.241. The number of esters is 1. The summed E-state index contributed by atoms with van der Waals surface area (Å²) in [6.07, 6.45) is 4.13. The maximum atomic E-state index is 13.8. The maximum Gasteiger partial charge on any atom is 0.310 e. The maximum absolute atomic E-state index is 13.8. The molecule has 2 aromatic rings. The van der Waals surface area contributed by atoms with Crippen LogP contribution >= 0.6 is 0 Å². The highest BCUT2D eigenvalue weighted by molar-refractivity contribution is 6.04. The van der Waals surface area contributed by atoms with Gasteiger partial charge in [0.05, 0.1) is 25.6 Å². The lowest BCUT2D eigenvalue weighted by molar-refractivity contribution is -0.421. The molecule has 2 aliphatic heterocycles. The lowest BCUT2D eigenvalue weighted by Gasteiger charge is -2.59. The second-order valence-corrected chi connectivity index (χ2v) is 13.7. The summed E-state index contributed by atoms with van der Waals surface area (Å²) in [6.45, 7) is 9.98. The second kappa shape index (κ2) is 10.6. The summed E-state index contributed by atoms with van der Waals surface area (Å²) in [7, 11) is 1.44. The number of hydrogen-bond donors (Lipinski definition) is 2. The van der Waals surface area contributed by atoms with Gasteiger partial charge < -0.3 is 33.9 Å². The van der Waals surface area contributed by atoms with E-state index < -0.39 is 46.7 Å². The number of phenols is 1. The summed E-state index contributed by atoms with van der Waals surface area (Å²) in [6, 6.07) is 14.5. The highest BCUT2D eigenvalue weighted by Gasteiger charge is 2.79. The molecule has 8 atom stereocenters. The molecule has 3 aliphatic carbocycles. The molecule has 9 nitrogen and oxygen atoms in total. The van der Waals surface area contributed by atoms with Crippen LogP contribution in [0, 0.1) is 17.8 Å². The van der Waals surface area contributed by atoms with Crippen LogP contribution in [0.2, 0.25) is 0 Å². The van der Waals surface area contributed by atoms with Crippen molar-refractivity contribution in [2.75, 3.05) is 13.7 Å². The Bertz CT molecular complexity index is 1680. The van der Waals surface area contributed by atoms with Crippen molar-refractivity contribution < 1.29 is 43.5 Å². The van der Waals surface area contributed by atoms with Crippen LogP contribution in [-0.4, -0.2) is 64.6 Å². The number of aliphatic hydroxyl groups is 1. The van der Waals surface area contributed by atoms with Gasteiger partial charge in [-0.2, -0.15) is 0 Å². The minimum absolute atomic E-state index is 0.0156. The molecule has 0 spiro atoms. The van der Waals surface area contributed by atoms with Crippen LogP contribution in [0.5, 0.6) is 11.5 Å². The molecule has 2 saturated heterocycles. The zero-order valence-electron chi connectivity index (χ0n) is 26.6. The van der Waals surface area contributed by atoms with E-state index in [2.05, 4.69) is 13.5 Å². The van der Waals surface area contributed by atoms with Crippen LogP contribution in [0.3, 0.4) is 0 Å². The number of ketones is 1. The van der Waals surface area contributed by atoms with Crippen LogP contribution < -0.4 is 4.74 Å². The van der Waals surface area contributed by atoms with Gasteiger partial charge >= 0.3 is 5.97 Å². The van der Waals surface area contributed by atoms with Crippen LogP contribution in [0.4, 0.5) is 0 Å². The molecule has 5 aliphatic rings. The summed E-state index contributed by atoms with van der Waals surface area (Å²) in [4.78, 5) is 26.8. The van der Waals surface area contributed by atoms with Gasteiger partial charge in [-0.05, 0) is 66.2 Å². The summed E-state index contributed by atoms with van der Waals surface area (Å²) >= 11 is 0. The first-order chi connectivity index (χ1) is 21.9. The summed E-state index contributed by atoms with van der Waals surface area (Å²) < 4.78 is 31.8. The Labute approximate surface area is 268 Å². The van der Waals surface area contributed by atoms with E-state index in [1.807, 2.05) is 49.4 Å². The Morgan fingerprint density at radius 1 is 1.11 bits per heavy atom. The minimum Gasteiger partial charge on any atom is -0.504 e. The molecular formula is C37H40O9. The van der Waals surface area contributed by atoms with E-state index in [9.17, 15) is 19.8 Å². The number of methoxy groups -OCH3 is 1. The Balaban J connectivity index is 1.27. The molecule has 7 rings (SSSR count). The number of carbonyl (C=O) groups excluding carboxylic acids is 2. The Hall–Kier alpha value is -3.76. The van der Waals surface area contributed by atoms with Crippen LogP contribution in [0.25, 0.3) is 0 Å². The third-order valence-electron chi connectivity index (χ3n) is 10.7. The number of phenolic OH excluding ortho intramolecular Hbond substituents is 1. The second-order valence-electron chi connectivity index (χ2n) is 13.7. The van der Waals surface area contributed by atoms with E-state index in [1.165, 1.54) is 13.2 Å². The predicted molar refractivity (Wildman–Crippen MR) is 167 cm³/mol. The molecular weight excluding hydrogens is 588 g/mol. The zero-order chi connectivity index (χ0) is 32.6. The number of rotatable bonds is 8.